The maximum atomic E-state index is 9.42. The van der Waals surface area contributed by atoms with E-state index in [1.807, 2.05) is 24.4 Å². The SMILES string of the molecule is N#Cc1cn(CC2(CO)CC2)c2cc(Br)ccc12. The Morgan fingerprint density at radius 1 is 1.44 bits per heavy atom. The Bertz CT molecular complexity index is 650. The maximum absolute atomic E-state index is 9.42. The molecule has 2 aromatic rings. The topological polar surface area (TPSA) is 49.0 Å². The van der Waals surface area contributed by atoms with Gasteiger partial charge in [0, 0.05) is 28.0 Å². The van der Waals surface area contributed by atoms with E-state index < -0.39 is 0 Å². The molecule has 0 unspecified atom stereocenters. The molecule has 3 rings (SSSR count). The number of benzene rings is 1. The van der Waals surface area contributed by atoms with E-state index >= 15 is 0 Å². The number of nitriles is 1. The van der Waals surface area contributed by atoms with E-state index in [1.165, 1.54) is 0 Å². The van der Waals surface area contributed by atoms with Crippen molar-refractivity contribution in [3.8, 4) is 6.07 Å². The minimum Gasteiger partial charge on any atom is -0.396 e. The molecule has 0 amide bonds. The van der Waals surface area contributed by atoms with Crippen LogP contribution in [-0.2, 0) is 6.54 Å². The van der Waals surface area contributed by atoms with E-state index in [0.29, 0.717) is 5.56 Å². The van der Waals surface area contributed by atoms with Gasteiger partial charge in [0.05, 0.1) is 17.7 Å². The van der Waals surface area contributed by atoms with Crippen molar-refractivity contribution in [2.24, 2.45) is 5.41 Å². The maximum Gasteiger partial charge on any atom is 0.101 e. The molecule has 1 heterocycles. The van der Waals surface area contributed by atoms with Gasteiger partial charge in [0.15, 0.2) is 0 Å². The molecule has 1 aromatic heterocycles. The molecule has 1 aliphatic rings. The molecule has 0 radical (unpaired) electrons. The molecule has 4 heteroatoms. The molecule has 92 valence electrons. The fourth-order valence-electron chi connectivity index (χ4n) is 2.39. The predicted octanol–water partition coefficient (Wildman–Crippen LogP) is 3.05. The second-order valence-corrected chi connectivity index (χ2v) is 6.02. The minimum atomic E-state index is 0.0427. The number of hydrogen-bond acceptors (Lipinski definition) is 2. The van der Waals surface area contributed by atoms with Gasteiger partial charge >= 0.3 is 0 Å². The fraction of sp³-hybridized carbons (Fsp3) is 0.357. The van der Waals surface area contributed by atoms with Gasteiger partial charge in [-0.05, 0) is 25.0 Å². The summed E-state index contributed by atoms with van der Waals surface area (Å²) in [4.78, 5) is 0. The monoisotopic (exact) mass is 304 g/mol. The first-order valence-corrected chi connectivity index (χ1v) is 6.76. The molecule has 1 saturated carbocycles. The van der Waals surface area contributed by atoms with Crippen molar-refractivity contribution in [3.05, 3.63) is 34.4 Å². The van der Waals surface area contributed by atoms with E-state index in [4.69, 9.17) is 5.26 Å². The van der Waals surface area contributed by atoms with Gasteiger partial charge in [-0.2, -0.15) is 5.26 Å². The van der Waals surface area contributed by atoms with Crippen molar-refractivity contribution in [1.29, 1.82) is 5.26 Å². The summed E-state index contributed by atoms with van der Waals surface area (Å²) in [5.74, 6) is 0. The van der Waals surface area contributed by atoms with E-state index in [2.05, 4.69) is 26.6 Å². The van der Waals surface area contributed by atoms with Crippen LogP contribution in [0.4, 0.5) is 0 Å². The van der Waals surface area contributed by atoms with Crippen molar-refractivity contribution in [3.63, 3.8) is 0 Å². The zero-order chi connectivity index (χ0) is 12.8. The average Bonchev–Trinajstić information content (AvgIpc) is 3.07. The number of aromatic nitrogens is 1. The summed E-state index contributed by atoms with van der Waals surface area (Å²) in [6.07, 6.45) is 4.03. The molecular weight excluding hydrogens is 292 g/mol. The van der Waals surface area contributed by atoms with Gasteiger partial charge in [-0.25, -0.2) is 0 Å². The summed E-state index contributed by atoms with van der Waals surface area (Å²) in [7, 11) is 0. The molecule has 0 saturated heterocycles. The summed E-state index contributed by atoms with van der Waals surface area (Å²) in [5.41, 5.74) is 1.80. The van der Waals surface area contributed by atoms with Crippen LogP contribution in [0.2, 0.25) is 0 Å². The number of aliphatic hydroxyl groups excluding tert-OH is 1. The van der Waals surface area contributed by atoms with Gasteiger partial charge in [-0.3, -0.25) is 0 Å². The Balaban J connectivity index is 2.11. The number of rotatable bonds is 3. The summed E-state index contributed by atoms with van der Waals surface area (Å²) in [6, 6.07) is 8.18. The van der Waals surface area contributed by atoms with E-state index in [0.717, 1.165) is 34.8 Å². The Labute approximate surface area is 114 Å². The lowest BCUT2D eigenvalue weighted by Gasteiger charge is -2.13. The zero-order valence-corrected chi connectivity index (χ0v) is 11.4. The van der Waals surface area contributed by atoms with Crippen LogP contribution >= 0.6 is 15.9 Å². The second-order valence-electron chi connectivity index (χ2n) is 5.10. The Kier molecular flexibility index (Phi) is 2.69. The quantitative estimate of drug-likeness (QED) is 0.947. The Morgan fingerprint density at radius 2 is 2.22 bits per heavy atom. The van der Waals surface area contributed by atoms with Gasteiger partial charge in [-0.15, -0.1) is 0 Å². The number of nitrogens with zero attached hydrogens (tertiary/aromatic N) is 2. The molecule has 1 N–H and O–H groups in total. The first-order valence-electron chi connectivity index (χ1n) is 5.97. The molecule has 18 heavy (non-hydrogen) atoms. The second kappa shape index (κ2) is 4.11. The van der Waals surface area contributed by atoms with Gasteiger partial charge in [0.1, 0.15) is 6.07 Å². The van der Waals surface area contributed by atoms with Crippen molar-refractivity contribution in [1.82, 2.24) is 4.57 Å². The third-order valence-corrected chi connectivity index (χ3v) is 4.26. The highest BCUT2D eigenvalue weighted by molar-refractivity contribution is 9.10. The standard InChI is InChI=1S/C14H13BrN2O/c15-11-1-2-12-10(6-16)7-17(13(12)5-11)8-14(9-18)3-4-14/h1-2,5,7,18H,3-4,8-9H2. The van der Waals surface area contributed by atoms with Gasteiger partial charge in [0.2, 0.25) is 0 Å². The smallest absolute Gasteiger partial charge is 0.101 e. The molecule has 1 aliphatic carbocycles. The van der Waals surface area contributed by atoms with Crippen LogP contribution in [0.25, 0.3) is 10.9 Å². The summed E-state index contributed by atoms with van der Waals surface area (Å²) in [5, 5.41) is 19.6. The van der Waals surface area contributed by atoms with Crippen LogP contribution < -0.4 is 0 Å². The van der Waals surface area contributed by atoms with Gasteiger partial charge < -0.3 is 9.67 Å². The van der Waals surface area contributed by atoms with Crippen LogP contribution in [0, 0.1) is 16.7 Å². The number of aliphatic hydroxyl groups is 1. The molecular formula is C14H13BrN2O. The number of halogens is 1. The highest BCUT2D eigenvalue weighted by Crippen LogP contribution is 2.47. The Morgan fingerprint density at radius 3 is 2.83 bits per heavy atom. The van der Waals surface area contributed by atoms with Crippen molar-refractivity contribution >= 4 is 26.8 Å². The first kappa shape index (κ1) is 11.8. The lowest BCUT2D eigenvalue weighted by Crippen LogP contribution is -2.14. The van der Waals surface area contributed by atoms with Crippen LogP contribution in [0.15, 0.2) is 28.9 Å². The van der Waals surface area contributed by atoms with Gasteiger partial charge in [0.25, 0.3) is 0 Å². The summed E-state index contributed by atoms with van der Waals surface area (Å²) < 4.78 is 3.11. The molecule has 0 bridgehead atoms. The fourth-order valence-corrected chi connectivity index (χ4v) is 2.74. The lowest BCUT2D eigenvalue weighted by atomic mass is 10.1. The van der Waals surface area contributed by atoms with E-state index in [1.54, 1.807) is 0 Å². The lowest BCUT2D eigenvalue weighted by molar-refractivity contribution is 0.196. The molecule has 0 atom stereocenters. The predicted molar refractivity (Wildman–Crippen MR) is 73.1 cm³/mol. The third-order valence-electron chi connectivity index (χ3n) is 3.76. The summed E-state index contributed by atoms with van der Waals surface area (Å²) in [6.45, 7) is 1.01. The minimum absolute atomic E-state index is 0.0427. The first-order chi connectivity index (χ1) is 8.67. The zero-order valence-electron chi connectivity index (χ0n) is 9.86. The normalized spacial score (nSPS) is 16.7. The molecule has 1 aromatic carbocycles. The van der Waals surface area contributed by atoms with Crippen LogP contribution in [0.1, 0.15) is 18.4 Å². The largest absolute Gasteiger partial charge is 0.396 e. The highest BCUT2D eigenvalue weighted by atomic mass is 79.9. The van der Waals surface area contributed by atoms with Crippen molar-refractivity contribution < 1.29 is 5.11 Å². The van der Waals surface area contributed by atoms with Crippen molar-refractivity contribution in [2.45, 2.75) is 19.4 Å². The molecule has 0 spiro atoms. The van der Waals surface area contributed by atoms with E-state index in [9.17, 15) is 5.11 Å². The van der Waals surface area contributed by atoms with E-state index in [-0.39, 0.29) is 12.0 Å². The van der Waals surface area contributed by atoms with Gasteiger partial charge in [-0.1, -0.05) is 22.0 Å². The van der Waals surface area contributed by atoms with Crippen molar-refractivity contribution in [2.75, 3.05) is 6.61 Å². The molecule has 3 nitrogen and oxygen atoms in total. The highest BCUT2D eigenvalue weighted by Gasteiger charge is 2.42. The summed E-state index contributed by atoms with van der Waals surface area (Å²) >= 11 is 3.46. The Hall–Kier alpha value is -1.31. The van der Waals surface area contributed by atoms with Crippen LogP contribution in [-0.4, -0.2) is 16.3 Å². The third kappa shape index (κ3) is 1.84. The number of fused-ring (bicyclic) bond motifs is 1. The number of hydrogen-bond donors (Lipinski definition) is 1. The van der Waals surface area contributed by atoms with Crippen LogP contribution in [0.5, 0.6) is 0 Å². The van der Waals surface area contributed by atoms with Crippen LogP contribution in [0.3, 0.4) is 0 Å². The average molecular weight is 305 g/mol. The molecule has 0 aliphatic heterocycles. The molecule has 1 fully saturated rings.